The van der Waals surface area contributed by atoms with Gasteiger partial charge in [0.15, 0.2) is 5.65 Å². The van der Waals surface area contributed by atoms with E-state index in [4.69, 9.17) is 0 Å². The van der Waals surface area contributed by atoms with Crippen LogP contribution in [0.15, 0.2) is 30.6 Å². The number of fused-ring (bicyclic) bond motifs is 1. The van der Waals surface area contributed by atoms with Crippen LogP contribution in [0.2, 0.25) is 0 Å². The van der Waals surface area contributed by atoms with Gasteiger partial charge in [-0.25, -0.2) is 19.5 Å². The number of hydrogen-bond donors (Lipinski definition) is 1. The first kappa shape index (κ1) is 16.4. The number of anilines is 1. The van der Waals surface area contributed by atoms with Crippen molar-refractivity contribution in [2.75, 3.05) is 18.0 Å². The predicted octanol–water partition coefficient (Wildman–Crippen LogP) is 1.53. The quantitative estimate of drug-likeness (QED) is 0.770. The minimum Gasteiger partial charge on any atom is -0.346 e. The number of nitrogens with zero attached hydrogens (tertiary/aromatic N) is 6. The molecule has 1 aliphatic rings. The monoisotopic (exact) mass is 351 g/mol. The summed E-state index contributed by atoms with van der Waals surface area (Å²) in [4.78, 5) is 27.9. The number of hydrogen-bond acceptors (Lipinski definition) is 6. The molecule has 1 amide bonds. The second-order valence-corrected chi connectivity index (χ2v) is 6.65. The average Bonchev–Trinajstić information content (AvgIpc) is 3.03. The molecule has 8 nitrogen and oxygen atoms in total. The fourth-order valence-electron chi connectivity index (χ4n) is 3.35. The van der Waals surface area contributed by atoms with Gasteiger partial charge in [0.05, 0.1) is 5.69 Å². The van der Waals surface area contributed by atoms with Crippen LogP contribution in [-0.4, -0.2) is 49.6 Å². The van der Waals surface area contributed by atoms with Crippen LogP contribution in [0.4, 0.5) is 5.95 Å². The third-order valence-electron chi connectivity index (χ3n) is 4.55. The number of carbonyl (C=O) groups excluding carboxylic acids is 1. The van der Waals surface area contributed by atoms with Crippen molar-refractivity contribution in [3.8, 4) is 0 Å². The Bertz CT molecular complexity index is 937. The van der Waals surface area contributed by atoms with Crippen molar-refractivity contribution >= 4 is 17.5 Å². The third kappa shape index (κ3) is 3.22. The molecule has 0 spiro atoms. The summed E-state index contributed by atoms with van der Waals surface area (Å²) in [5, 5.41) is 7.48. The highest BCUT2D eigenvalue weighted by atomic mass is 16.2. The molecule has 1 fully saturated rings. The highest BCUT2D eigenvalue weighted by Gasteiger charge is 2.24. The summed E-state index contributed by atoms with van der Waals surface area (Å²) in [7, 11) is 0. The zero-order valence-electron chi connectivity index (χ0n) is 14.9. The van der Waals surface area contributed by atoms with Crippen molar-refractivity contribution in [1.82, 2.24) is 29.9 Å². The van der Waals surface area contributed by atoms with E-state index in [1.54, 1.807) is 29.0 Å². The normalized spacial score (nSPS) is 17.5. The van der Waals surface area contributed by atoms with Gasteiger partial charge in [0.2, 0.25) is 5.95 Å². The summed E-state index contributed by atoms with van der Waals surface area (Å²) in [6.07, 6.45) is 5.39. The molecule has 3 aromatic rings. The number of piperidine rings is 1. The van der Waals surface area contributed by atoms with Crippen LogP contribution >= 0.6 is 0 Å². The van der Waals surface area contributed by atoms with Crippen LogP contribution in [0.1, 0.15) is 34.7 Å². The first-order valence-corrected chi connectivity index (χ1v) is 8.77. The first-order valence-electron chi connectivity index (χ1n) is 8.77. The zero-order valence-corrected chi connectivity index (χ0v) is 14.9. The van der Waals surface area contributed by atoms with Crippen LogP contribution in [-0.2, 0) is 0 Å². The number of nitrogens with one attached hydrogen (secondary N) is 1. The van der Waals surface area contributed by atoms with E-state index in [0.29, 0.717) is 23.8 Å². The second kappa shape index (κ2) is 6.70. The largest absolute Gasteiger partial charge is 0.346 e. The Kier molecular flexibility index (Phi) is 4.24. The summed E-state index contributed by atoms with van der Waals surface area (Å²) < 4.78 is 1.75. The molecule has 0 saturated carbocycles. The Morgan fingerprint density at radius 2 is 2.04 bits per heavy atom. The molecule has 1 atom stereocenters. The lowest BCUT2D eigenvalue weighted by Crippen LogP contribution is -2.48. The van der Waals surface area contributed by atoms with Crippen LogP contribution in [0.3, 0.4) is 0 Å². The van der Waals surface area contributed by atoms with Crippen molar-refractivity contribution in [3.63, 3.8) is 0 Å². The molecule has 0 radical (unpaired) electrons. The summed E-state index contributed by atoms with van der Waals surface area (Å²) in [5.41, 5.74) is 2.87. The zero-order chi connectivity index (χ0) is 18.1. The van der Waals surface area contributed by atoms with Gasteiger partial charge in [0.25, 0.3) is 5.91 Å². The van der Waals surface area contributed by atoms with Gasteiger partial charge in [0.1, 0.15) is 5.69 Å². The van der Waals surface area contributed by atoms with Gasteiger partial charge < -0.3 is 10.2 Å². The molecule has 4 heterocycles. The number of aromatic nitrogens is 5. The van der Waals surface area contributed by atoms with Gasteiger partial charge in [-0.3, -0.25) is 4.79 Å². The van der Waals surface area contributed by atoms with E-state index in [9.17, 15) is 4.79 Å². The number of aryl methyl sites for hydroxylation is 2. The maximum atomic E-state index is 12.7. The molecule has 1 N–H and O–H groups in total. The maximum Gasteiger partial charge on any atom is 0.270 e. The lowest BCUT2D eigenvalue weighted by atomic mass is 10.1. The number of carbonyl (C=O) groups is 1. The summed E-state index contributed by atoms with van der Waals surface area (Å²) in [6, 6.07) is 5.49. The summed E-state index contributed by atoms with van der Waals surface area (Å²) in [5.74, 6) is 0.548. The SMILES string of the molecule is Cc1cc2nc(C(=O)N[C@H]3CCCN(c4ncccn4)C3)cc(C)n2n1. The molecule has 1 aliphatic heterocycles. The van der Waals surface area contributed by atoms with Crippen LogP contribution in [0.25, 0.3) is 5.65 Å². The van der Waals surface area contributed by atoms with Crippen molar-refractivity contribution in [2.24, 2.45) is 0 Å². The Morgan fingerprint density at radius 3 is 2.85 bits per heavy atom. The Morgan fingerprint density at radius 1 is 1.23 bits per heavy atom. The van der Waals surface area contributed by atoms with Gasteiger partial charge in [0, 0.05) is 43.3 Å². The maximum absolute atomic E-state index is 12.7. The molecule has 8 heteroatoms. The topological polar surface area (TPSA) is 88.3 Å². The van der Waals surface area contributed by atoms with Gasteiger partial charge in [-0.1, -0.05) is 0 Å². The molecule has 134 valence electrons. The highest BCUT2D eigenvalue weighted by molar-refractivity contribution is 5.93. The lowest BCUT2D eigenvalue weighted by Gasteiger charge is -2.33. The molecule has 4 rings (SSSR count). The lowest BCUT2D eigenvalue weighted by molar-refractivity contribution is 0.0928. The number of amides is 1. The summed E-state index contributed by atoms with van der Waals surface area (Å²) in [6.45, 7) is 5.43. The molecule has 0 bridgehead atoms. The van der Waals surface area contributed by atoms with Gasteiger partial charge >= 0.3 is 0 Å². The smallest absolute Gasteiger partial charge is 0.270 e. The van der Waals surface area contributed by atoms with E-state index in [-0.39, 0.29) is 11.9 Å². The highest BCUT2D eigenvalue weighted by Crippen LogP contribution is 2.16. The first-order chi connectivity index (χ1) is 12.6. The average molecular weight is 351 g/mol. The van der Waals surface area contributed by atoms with Crippen LogP contribution < -0.4 is 10.2 Å². The minimum absolute atomic E-state index is 0.0463. The molecule has 0 aliphatic carbocycles. The fraction of sp³-hybridized carbons (Fsp3) is 0.389. The molecule has 0 unspecified atom stereocenters. The van der Waals surface area contributed by atoms with E-state index in [2.05, 4.69) is 30.3 Å². The Balaban J connectivity index is 1.49. The molecular formula is C18H21N7O. The second-order valence-electron chi connectivity index (χ2n) is 6.65. The Hall–Kier alpha value is -3.03. The van der Waals surface area contributed by atoms with Crippen LogP contribution in [0.5, 0.6) is 0 Å². The summed E-state index contributed by atoms with van der Waals surface area (Å²) >= 11 is 0. The van der Waals surface area contributed by atoms with Gasteiger partial charge in [-0.15, -0.1) is 0 Å². The van der Waals surface area contributed by atoms with Gasteiger partial charge in [-0.2, -0.15) is 5.10 Å². The number of rotatable bonds is 3. The minimum atomic E-state index is -0.157. The van der Waals surface area contributed by atoms with E-state index in [1.807, 2.05) is 19.9 Å². The van der Waals surface area contributed by atoms with E-state index in [0.717, 1.165) is 30.8 Å². The molecular weight excluding hydrogens is 330 g/mol. The van der Waals surface area contributed by atoms with E-state index < -0.39 is 0 Å². The Labute approximate surface area is 151 Å². The third-order valence-corrected chi connectivity index (χ3v) is 4.55. The fourth-order valence-corrected chi connectivity index (χ4v) is 3.35. The molecule has 1 saturated heterocycles. The van der Waals surface area contributed by atoms with E-state index in [1.165, 1.54) is 0 Å². The molecule has 0 aromatic carbocycles. The standard InChI is InChI=1S/C18H21N7O/c1-12-9-16-22-15(10-13(2)25(16)23-12)17(26)21-14-5-3-8-24(11-14)18-19-6-4-7-20-18/h4,6-7,9-10,14H,3,5,8,11H2,1-2H3,(H,21,26)/t14-/m0/s1. The predicted molar refractivity (Wildman–Crippen MR) is 97.2 cm³/mol. The van der Waals surface area contributed by atoms with Crippen molar-refractivity contribution in [3.05, 3.63) is 47.7 Å². The van der Waals surface area contributed by atoms with Crippen molar-refractivity contribution < 1.29 is 4.79 Å². The van der Waals surface area contributed by atoms with Crippen molar-refractivity contribution in [1.29, 1.82) is 0 Å². The molecule has 26 heavy (non-hydrogen) atoms. The molecule has 3 aromatic heterocycles. The van der Waals surface area contributed by atoms with Crippen molar-refractivity contribution in [2.45, 2.75) is 32.7 Å². The van der Waals surface area contributed by atoms with Gasteiger partial charge in [-0.05, 0) is 38.8 Å². The van der Waals surface area contributed by atoms with E-state index >= 15 is 0 Å². The van der Waals surface area contributed by atoms with Crippen LogP contribution in [0, 0.1) is 13.8 Å².